The Morgan fingerprint density at radius 3 is 2.72 bits per heavy atom. The van der Waals surface area contributed by atoms with E-state index in [0.717, 1.165) is 12.8 Å². The predicted molar refractivity (Wildman–Crippen MR) is 94.0 cm³/mol. The number of benzene rings is 1. The van der Waals surface area contributed by atoms with Crippen molar-refractivity contribution < 1.29 is 19.1 Å². The minimum Gasteiger partial charge on any atom is -0.376 e. The maximum atomic E-state index is 12.5. The minimum atomic E-state index is -0.359. The van der Waals surface area contributed by atoms with E-state index < -0.39 is 0 Å². The van der Waals surface area contributed by atoms with Crippen molar-refractivity contribution in [2.24, 2.45) is 5.73 Å². The number of halogens is 1. The molecule has 0 saturated carbocycles. The van der Waals surface area contributed by atoms with E-state index in [1.807, 2.05) is 0 Å². The number of carbonyl (C=O) groups excluding carboxylic acids is 3. The van der Waals surface area contributed by atoms with Crippen molar-refractivity contribution in [2.45, 2.75) is 25.4 Å². The second-order valence-electron chi connectivity index (χ2n) is 6.01. The van der Waals surface area contributed by atoms with Gasteiger partial charge in [-0.15, -0.1) is 12.4 Å². The maximum Gasteiger partial charge on any atom is 0.261 e. The molecule has 1 aromatic rings. The van der Waals surface area contributed by atoms with Crippen LogP contribution in [0.3, 0.4) is 0 Å². The molecule has 1 fully saturated rings. The zero-order valence-corrected chi connectivity index (χ0v) is 14.6. The van der Waals surface area contributed by atoms with Gasteiger partial charge in [0.1, 0.15) is 0 Å². The van der Waals surface area contributed by atoms with E-state index in [1.54, 1.807) is 12.1 Å². The molecule has 0 aliphatic carbocycles. The summed E-state index contributed by atoms with van der Waals surface area (Å²) in [5, 5.41) is 2.74. The Bertz CT molecular complexity index is 674. The monoisotopic (exact) mass is 367 g/mol. The largest absolute Gasteiger partial charge is 0.376 e. The van der Waals surface area contributed by atoms with Crippen LogP contribution in [0.25, 0.3) is 0 Å². The molecule has 1 atom stereocenters. The number of hydrogen-bond donors (Lipinski definition) is 2. The number of nitrogens with zero attached hydrogens (tertiary/aromatic N) is 1. The van der Waals surface area contributed by atoms with Crippen LogP contribution in [-0.2, 0) is 4.74 Å². The number of hydrogen-bond acceptors (Lipinski definition) is 5. The number of amides is 3. The van der Waals surface area contributed by atoms with Gasteiger partial charge < -0.3 is 15.8 Å². The summed E-state index contributed by atoms with van der Waals surface area (Å²) in [6.45, 7) is 1.91. The summed E-state index contributed by atoms with van der Waals surface area (Å²) in [6.07, 6.45) is 2.39. The average molecular weight is 368 g/mol. The summed E-state index contributed by atoms with van der Waals surface area (Å²) in [5.41, 5.74) is 6.39. The molecule has 25 heavy (non-hydrogen) atoms. The third kappa shape index (κ3) is 4.00. The standard InChI is InChI=1S/C17H21N3O4.ClH/c18-6-2-7-19-15(21)11-4-5-13-14(9-11)17(23)20(16(13)22)10-12-3-1-8-24-12;/h4-5,9,12H,1-3,6-8,10,18H2,(H,19,21);1H. The first-order chi connectivity index (χ1) is 11.6. The van der Waals surface area contributed by atoms with Crippen LogP contribution in [0.15, 0.2) is 18.2 Å². The molecule has 8 heteroatoms. The van der Waals surface area contributed by atoms with Gasteiger partial charge in [0.15, 0.2) is 0 Å². The molecule has 3 N–H and O–H groups in total. The lowest BCUT2D eigenvalue weighted by atomic mass is 10.1. The van der Waals surface area contributed by atoms with Gasteiger partial charge in [0.2, 0.25) is 0 Å². The average Bonchev–Trinajstić information content (AvgIpc) is 3.18. The Morgan fingerprint density at radius 1 is 1.28 bits per heavy atom. The van der Waals surface area contributed by atoms with Crippen molar-refractivity contribution in [1.82, 2.24) is 10.2 Å². The fourth-order valence-corrected chi connectivity index (χ4v) is 3.00. The summed E-state index contributed by atoms with van der Waals surface area (Å²) in [7, 11) is 0. The molecular weight excluding hydrogens is 346 g/mol. The summed E-state index contributed by atoms with van der Waals surface area (Å²) >= 11 is 0. The molecule has 2 aliphatic rings. The van der Waals surface area contributed by atoms with Crippen molar-refractivity contribution in [1.29, 1.82) is 0 Å². The lowest BCUT2D eigenvalue weighted by Gasteiger charge is -2.17. The fraction of sp³-hybridized carbons (Fsp3) is 0.471. The van der Waals surface area contributed by atoms with Crippen LogP contribution in [0.2, 0.25) is 0 Å². The van der Waals surface area contributed by atoms with Gasteiger partial charge in [-0.1, -0.05) is 0 Å². The van der Waals surface area contributed by atoms with Crippen LogP contribution in [0.5, 0.6) is 0 Å². The van der Waals surface area contributed by atoms with Crippen molar-refractivity contribution in [3.8, 4) is 0 Å². The highest BCUT2D eigenvalue weighted by Crippen LogP contribution is 2.26. The molecule has 2 heterocycles. The molecule has 3 rings (SSSR count). The first kappa shape index (κ1) is 19.4. The van der Waals surface area contributed by atoms with Crippen LogP contribution in [0.4, 0.5) is 0 Å². The van der Waals surface area contributed by atoms with E-state index in [9.17, 15) is 14.4 Å². The van der Waals surface area contributed by atoms with Gasteiger partial charge in [-0.2, -0.15) is 0 Å². The first-order valence-electron chi connectivity index (χ1n) is 8.22. The SMILES string of the molecule is Cl.NCCCNC(=O)c1ccc2c(c1)C(=O)N(CC1CCCO1)C2=O. The fourth-order valence-electron chi connectivity index (χ4n) is 3.00. The van der Waals surface area contributed by atoms with E-state index in [-0.39, 0.29) is 48.3 Å². The van der Waals surface area contributed by atoms with Crippen molar-refractivity contribution in [2.75, 3.05) is 26.2 Å². The Hall–Kier alpha value is -1.96. The second kappa shape index (κ2) is 8.42. The molecule has 0 aromatic heterocycles. The first-order valence-corrected chi connectivity index (χ1v) is 8.22. The molecular formula is C17H22ClN3O4. The quantitative estimate of drug-likeness (QED) is 0.576. The Kier molecular flexibility index (Phi) is 6.52. The van der Waals surface area contributed by atoms with E-state index >= 15 is 0 Å². The van der Waals surface area contributed by atoms with Crippen molar-refractivity contribution >= 4 is 30.1 Å². The molecule has 0 radical (unpaired) electrons. The maximum absolute atomic E-state index is 12.5. The lowest BCUT2D eigenvalue weighted by Crippen LogP contribution is -2.36. The van der Waals surface area contributed by atoms with Crippen LogP contribution < -0.4 is 11.1 Å². The van der Waals surface area contributed by atoms with E-state index in [2.05, 4.69) is 5.32 Å². The normalized spacial score (nSPS) is 18.9. The Balaban J connectivity index is 0.00000225. The van der Waals surface area contributed by atoms with E-state index in [1.165, 1.54) is 11.0 Å². The van der Waals surface area contributed by atoms with Gasteiger partial charge in [0, 0.05) is 18.7 Å². The smallest absolute Gasteiger partial charge is 0.261 e. The highest BCUT2D eigenvalue weighted by atomic mass is 35.5. The molecule has 0 spiro atoms. The van der Waals surface area contributed by atoms with Gasteiger partial charge in [0.05, 0.1) is 23.8 Å². The van der Waals surface area contributed by atoms with Crippen LogP contribution >= 0.6 is 12.4 Å². The Labute approximate surface area is 152 Å². The van der Waals surface area contributed by atoms with Gasteiger partial charge in [-0.25, -0.2) is 0 Å². The molecule has 1 aromatic carbocycles. The van der Waals surface area contributed by atoms with Crippen LogP contribution in [-0.4, -0.2) is 55.0 Å². The molecule has 0 bridgehead atoms. The number of ether oxygens (including phenoxy) is 1. The Morgan fingerprint density at radius 2 is 2.04 bits per heavy atom. The van der Waals surface area contributed by atoms with Crippen molar-refractivity contribution in [3.63, 3.8) is 0 Å². The molecule has 7 nitrogen and oxygen atoms in total. The van der Waals surface area contributed by atoms with E-state index in [4.69, 9.17) is 10.5 Å². The summed E-state index contributed by atoms with van der Waals surface area (Å²) in [6, 6.07) is 4.60. The van der Waals surface area contributed by atoms with Gasteiger partial charge >= 0.3 is 0 Å². The third-order valence-corrected chi connectivity index (χ3v) is 4.31. The molecule has 1 unspecified atom stereocenters. The second-order valence-corrected chi connectivity index (χ2v) is 6.01. The number of fused-ring (bicyclic) bond motifs is 1. The highest BCUT2D eigenvalue weighted by Gasteiger charge is 2.37. The third-order valence-electron chi connectivity index (χ3n) is 4.31. The number of rotatable bonds is 6. The molecule has 2 aliphatic heterocycles. The van der Waals surface area contributed by atoms with Crippen molar-refractivity contribution in [3.05, 3.63) is 34.9 Å². The minimum absolute atomic E-state index is 0. The topological polar surface area (TPSA) is 102 Å². The number of nitrogens with one attached hydrogen (secondary N) is 1. The van der Waals surface area contributed by atoms with Crippen LogP contribution in [0.1, 0.15) is 50.3 Å². The molecule has 1 saturated heterocycles. The number of nitrogens with two attached hydrogens (primary N) is 1. The van der Waals surface area contributed by atoms with Crippen LogP contribution in [0, 0.1) is 0 Å². The number of imide groups is 1. The zero-order valence-electron chi connectivity index (χ0n) is 13.8. The molecule has 3 amide bonds. The predicted octanol–water partition coefficient (Wildman–Crippen LogP) is 0.962. The zero-order chi connectivity index (χ0) is 17.1. The van der Waals surface area contributed by atoms with Gasteiger partial charge in [0.25, 0.3) is 17.7 Å². The highest BCUT2D eigenvalue weighted by molar-refractivity contribution is 6.22. The van der Waals surface area contributed by atoms with Gasteiger partial charge in [-0.3, -0.25) is 19.3 Å². The number of carbonyl (C=O) groups is 3. The summed E-state index contributed by atoms with van der Waals surface area (Å²) < 4.78 is 5.51. The lowest BCUT2D eigenvalue weighted by molar-refractivity contribution is 0.0475. The van der Waals surface area contributed by atoms with Gasteiger partial charge in [-0.05, 0) is 44.0 Å². The van der Waals surface area contributed by atoms with E-state index in [0.29, 0.717) is 37.2 Å². The molecule has 136 valence electrons. The summed E-state index contributed by atoms with van der Waals surface area (Å²) in [4.78, 5) is 38.3. The summed E-state index contributed by atoms with van der Waals surface area (Å²) in [5.74, 6) is -0.952.